The molecule has 2 rings (SSSR count). The van der Waals surface area contributed by atoms with E-state index in [-0.39, 0.29) is 11.9 Å². The van der Waals surface area contributed by atoms with Crippen LogP contribution in [0.1, 0.15) is 30.0 Å². The topological polar surface area (TPSA) is 26.0 Å². The Kier molecular flexibility index (Phi) is 2.08. The highest BCUT2D eigenvalue weighted by molar-refractivity contribution is 5.28. The molecule has 0 spiro atoms. The molecule has 1 aliphatic carbocycles. The van der Waals surface area contributed by atoms with Gasteiger partial charge in [0.15, 0.2) is 0 Å². The molecule has 0 bridgehead atoms. The maximum absolute atomic E-state index is 13.6. The van der Waals surface area contributed by atoms with Crippen LogP contribution in [0.15, 0.2) is 18.2 Å². The van der Waals surface area contributed by atoms with Gasteiger partial charge in [0, 0.05) is 11.6 Å². The van der Waals surface area contributed by atoms with Crippen LogP contribution >= 0.6 is 0 Å². The average Bonchev–Trinajstić information content (AvgIpc) is 2.91. The summed E-state index contributed by atoms with van der Waals surface area (Å²) in [6, 6.07) is 5.35. The normalized spacial score (nSPS) is 18.7. The molecule has 1 aliphatic rings. The monoisotopic (exact) mass is 179 g/mol. The molecule has 13 heavy (non-hydrogen) atoms. The second kappa shape index (κ2) is 3.11. The van der Waals surface area contributed by atoms with Crippen LogP contribution in [0.2, 0.25) is 0 Å². The van der Waals surface area contributed by atoms with Gasteiger partial charge in [-0.2, -0.15) is 0 Å². The molecule has 0 aliphatic heterocycles. The number of hydrogen-bond acceptors (Lipinski definition) is 1. The van der Waals surface area contributed by atoms with Crippen molar-refractivity contribution < 1.29 is 4.39 Å². The molecule has 1 atom stereocenters. The van der Waals surface area contributed by atoms with Gasteiger partial charge >= 0.3 is 0 Å². The summed E-state index contributed by atoms with van der Waals surface area (Å²) >= 11 is 0. The first-order chi connectivity index (χ1) is 6.20. The Balaban J connectivity index is 2.32. The van der Waals surface area contributed by atoms with Crippen LogP contribution in [0.5, 0.6) is 0 Å². The maximum Gasteiger partial charge on any atom is 0.130 e. The quantitative estimate of drug-likeness (QED) is 0.741. The van der Waals surface area contributed by atoms with E-state index in [1.807, 2.05) is 6.07 Å². The molecule has 0 saturated heterocycles. The number of aryl methyl sites for hydroxylation is 1. The van der Waals surface area contributed by atoms with E-state index in [0.717, 1.165) is 12.8 Å². The largest absolute Gasteiger partial charge is 0.324 e. The Hall–Kier alpha value is -0.890. The Morgan fingerprint density at radius 3 is 2.77 bits per heavy atom. The van der Waals surface area contributed by atoms with E-state index in [4.69, 9.17) is 5.73 Å². The minimum atomic E-state index is -0.123. The van der Waals surface area contributed by atoms with Crippen molar-refractivity contribution in [2.24, 2.45) is 11.7 Å². The van der Waals surface area contributed by atoms with E-state index >= 15 is 0 Å². The molecule has 0 radical (unpaired) electrons. The van der Waals surface area contributed by atoms with E-state index in [9.17, 15) is 4.39 Å². The Morgan fingerprint density at radius 2 is 2.15 bits per heavy atom. The van der Waals surface area contributed by atoms with Crippen molar-refractivity contribution in [3.05, 3.63) is 35.1 Å². The molecule has 0 heterocycles. The van der Waals surface area contributed by atoms with Gasteiger partial charge in [-0.15, -0.1) is 0 Å². The van der Waals surface area contributed by atoms with Crippen molar-refractivity contribution in [1.29, 1.82) is 0 Å². The fourth-order valence-electron chi connectivity index (χ4n) is 1.64. The Labute approximate surface area is 77.8 Å². The van der Waals surface area contributed by atoms with E-state index in [1.165, 1.54) is 0 Å². The first-order valence-electron chi connectivity index (χ1n) is 4.70. The molecule has 1 nitrogen and oxygen atoms in total. The van der Waals surface area contributed by atoms with Crippen LogP contribution in [0.3, 0.4) is 0 Å². The van der Waals surface area contributed by atoms with Crippen LogP contribution < -0.4 is 5.73 Å². The highest BCUT2D eigenvalue weighted by atomic mass is 19.1. The number of halogens is 1. The summed E-state index contributed by atoms with van der Waals surface area (Å²) in [5, 5.41) is 0. The third-order valence-electron chi connectivity index (χ3n) is 2.71. The molecule has 2 N–H and O–H groups in total. The van der Waals surface area contributed by atoms with E-state index in [0.29, 0.717) is 17.0 Å². The van der Waals surface area contributed by atoms with Crippen molar-refractivity contribution in [2.45, 2.75) is 25.8 Å². The van der Waals surface area contributed by atoms with Crippen LogP contribution in [0.25, 0.3) is 0 Å². The second-order valence-corrected chi connectivity index (χ2v) is 3.84. The lowest BCUT2D eigenvalue weighted by Crippen LogP contribution is -2.14. The van der Waals surface area contributed by atoms with Gasteiger partial charge in [-0.25, -0.2) is 4.39 Å². The Bertz CT molecular complexity index is 318. The molecule has 1 aromatic rings. The predicted molar refractivity (Wildman–Crippen MR) is 50.8 cm³/mol. The first-order valence-corrected chi connectivity index (χ1v) is 4.70. The van der Waals surface area contributed by atoms with E-state index in [1.54, 1.807) is 19.1 Å². The molecule has 2 heteroatoms. The number of hydrogen-bond donors (Lipinski definition) is 1. The molecule has 0 aromatic heterocycles. The summed E-state index contributed by atoms with van der Waals surface area (Å²) in [7, 11) is 0. The number of nitrogens with two attached hydrogens (primary N) is 1. The van der Waals surface area contributed by atoms with Gasteiger partial charge < -0.3 is 5.73 Å². The summed E-state index contributed by atoms with van der Waals surface area (Å²) < 4.78 is 13.6. The smallest absolute Gasteiger partial charge is 0.130 e. The summed E-state index contributed by atoms with van der Waals surface area (Å²) in [6.45, 7) is 1.78. The zero-order chi connectivity index (χ0) is 9.42. The van der Waals surface area contributed by atoms with Gasteiger partial charge in [0.25, 0.3) is 0 Å². The molecule has 70 valence electrons. The third-order valence-corrected chi connectivity index (χ3v) is 2.71. The molecule has 1 aromatic carbocycles. The third kappa shape index (κ3) is 1.59. The van der Waals surface area contributed by atoms with E-state index < -0.39 is 0 Å². The van der Waals surface area contributed by atoms with Crippen molar-refractivity contribution in [3.63, 3.8) is 0 Å². The van der Waals surface area contributed by atoms with Crippen LogP contribution in [-0.2, 0) is 0 Å². The van der Waals surface area contributed by atoms with Crippen molar-refractivity contribution >= 4 is 0 Å². The summed E-state index contributed by atoms with van der Waals surface area (Å²) in [6.07, 6.45) is 2.29. The molecular weight excluding hydrogens is 165 g/mol. The summed E-state index contributed by atoms with van der Waals surface area (Å²) in [5.41, 5.74) is 7.30. The lowest BCUT2D eigenvalue weighted by Gasteiger charge is -2.12. The van der Waals surface area contributed by atoms with Gasteiger partial charge in [-0.3, -0.25) is 0 Å². The minimum Gasteiger partial charge on any atom is -0.324 e. The van der Waals surface area contributed by atoms with Gasteiger partial charge in [0.1, 0.15) is 5.82 Å². The van der Waals surface area contributed by atoms with Crippen LogP contribution in [0.4, 0.5) is 4.39 Å². The zero-order valence-electron chi connectivity index (χ0n) is 7.76. The number of benzene rings is 1. The average molecular weight is 179 g/mol. The predicted octanol–water partition coefficient (Wildman–Crippen LogP) is 2.54. The van der Waals surface area contributed by atoms with Gasteiger partial charge in [-0.1, -0.05) is 18.2 Å². The lowest BCUT2D eigenvalue weighted by molar-refractivity contribution is 0.548. The summed E-state index contributed by atoms with van der Waals surface area (Å²) in [5.74, 6) is 0.387. The van der Waals surface area contributed by atoms with Crippen molar-refractivity contribution in [1.82, 2.24) is 0 Å². The SMILES string of the molecule is Cc1cccc([C@@H](N)C2CC2)c1F. The highest BCUT2D eigenvalue weighted by Crippen LogP contribution is 2.40. The maximum atomic E-state index is 13.6. The van der Waals surface area contributed by atoms with Gasteiger partial charge in [0.2, 0.25) is 0 Å². The van der Waals surface area contributed by atoms with Crippen LogP contribution in [0, 0.1) is 18.7 Å². The minimum absolute atomic E-state index is 0.0973. The molecular formula is C11H14FN. The van der Waals surface area contributed by atoms with Crippen molar-refractivity contribution in [3.8, 4) is 0 Å². The molecule has 1 fully saturated rings. The molecule has 0 unspecified atom stereocenters. The highest BCUT2D eigenvalue weighted by Gasteiger charge is 2.31. The van der Waals surface area contributed by atoms with Gasteiger partial charge in [-0.05, 0) is 31.2 Å². The lowest BCUT2D eigenvalue weighted by atomic mass is 10.0. The first kappa shape index (κ1) is 8.70. The standard InChI is InChI=1S/C11H14FN/c1-7-3-2-4-9(10(7)12)11(13)8-5-6-8/h2-4,8,11H,5-6,13H2,1H3/t11-/m0/s1. The van der Waals surface area contributed by atoms with Crippen molar-refractivity contribution in [2.75, 3.05) is 0 Å². The number of rotatable bonds is 2. The van der Waals surface area contributed by atoms with Crippen LogP contribution in [-0.4, -0.2) is 0 Å². The van der Waals surface area contributed by atoms with Gasteiger partial charge in [0.05, 0.1) is 0 Å². The molecule has 0 amide bonds. The second-order valence-electron chi connectivity index (χ2n) is 3.84. The van der Waals surface area contributed by atoms with E-state index in [2.05, 4.69) is 0 Å². The zero-order valence-corrected chi connectivity index (χ0v) is 7.76. The fraction of sp³-hybridized carbons (Fsp3) is 0.455. The Morgan fingerprint density at radius 1 is 1.46 bits per heavy atom. The molecule has 1 saturated carbocycles. The fourth-order valence-corrected chi connectivity index (χ4v) is 1.64. The summed E-state index contributed by atoms with van der Waals surface area (Å²) in [4.78, 5) is 0.